The minimum Gasteiger partial charge on any atom is -0.307 e. The molecular formula is C14H15N5O3S. The molecule has 0 radical (unpaired) electrons. The van der Waals surface area contributed by atoms with Gasteiger partial charge in [0.2, 0.25) is 5.91 Å². The molecule has 120 valence electrons. The second-order valence-corrected chi connectivity index (χ2v) is 6.62. The van der Waals surface area contributed by atoms with E-state index in [0.717, 1.165) is 9.87 Å². The molecule has 0 fully saturated rings. The van der Waals surface area contributed by atoms with Gasteiger partial charge < -0.3 is 5.32 Å². The fourth-order valence-electron chi connectivity index (χ4n) is 2.29. The summed E-state index contributed by atoms with van der Waals surface area (Å²) in [6.07, 6.45) is 3.08. The lowest BCUT2D eigenvalue weighted by Gasteiger charge is -2.11. The highest BCUT2D eigenvalue weighted by atomic mass is 32.2. The summed E-state index contributed by atoms with van der Waals surface area (Å²) in [5, 5.41) is 14.5. The first-order chi connectivity index (χ1) is 10.9. The lowest BCUT2D eigenvalue weighted by atomic mass is 10.2. The van der Waals surface area contributed by atoms with E-state index < -0.39 is 10.2 Å². The summed E-state index contributed by atoms with van der Waals surface area (Å²) in [6, 6.07) is 9.40. The van der Waals surface area contributed by atoms with E-state index in [1.165, 1.54) is 6.08 Å². The Hall–Kier alpha value is -2.49. The minimum absolute atomic E-state index is 0.0860. The van der Waals surface area contributed by atoms with Crippen molar-refractivity contribution in [3.8, 4) is 0 Å². The average Bonchev–Trinajstić information content (AvgIpc) is 3.08. The molecule has 0 aliphatic carbocycles. The highest BCUT2D eigenvalue weighted by molar-refractivity contribution is 7.86. The van der Waals surface area contributed by atoms with Gasteiger partial charge >= 0.3 is 0 Å². The average molecular weight is 333 g/mol. The first-order valence-electron chi connectivity index (χ1n) is 6.81. The van der Waals surface area contributed by atoms with Crippen LogP contribution in [0, 0.1) is 0 Å². The number of rotatable bonds is 4. The van der Waals surface area contributed by atoms with Gasteiger partial charge in [0.25, 0.3) is 10.2 Å². The number of aromatic amines is 1. The first-order valence-corrected chi connectivity index (χ1v) is 8.32. The summed E-state index contributed by atoms with van der Waals surface area (Å²) in [6.45, 7) is 0.184. The van der Waals surface area contributed by atoms with Crippen LogP contribution in [0.25, 0.3) is 6.08 Å². The number of anilines is 1. The van der Waals surface area contributed by atoms with E-state index in [1.54, 1.807) is 6.08 Å². The maximum absolute atomic E-state index is 12.0. The Labute approximate surface area is 133 Å². The lowest BCUT2D eigenvalue weighted by molar-refractivity contribution is -0.111. The van der Waals surface area contributed by atoms with Gasteiger partial charge in [-0.1, -0.05) is 30.3 Å². The van der Waals surface area contributed by atoms with Gasteiger partial charge in [-0.25, -0.2) is 5.14 Å². The fourth-order valence-corrected chi connectivity index (χ4v) is 2.90. The molecule has 1 aliphatic rings. The summed E-state index contributed by atoms with van der Waals surface area (Å²) in [4.78, 5) is 12.0. The monoisotopic (exact) mass is 333 g/mol. The third-order valence-corrected chi connectivity index (χ3v) is 4.43. The van der Waals surface area contributed by atoms with E-state index in [4.69, 9.17) is 5.14 Å². The molecule has 0 unspecified atom stereocenters. The molecule has 1 aromatic carbocycles. The van der Waals surface area contributed by atoms with Crippen molar-refractivity contribution in [2.75, 3.05) is 5.32 Å². The van der Waals surface area contributed by atoms with Gasteiger partial charge in [0, 0.05) is 18.2 Å². The van der Waals surface area contributed by atoms with E-state index in [1.807, 2.05) is 30.3 Å². The number of H-pyrrole nitrogens is 1. The maximum Gasteiger partial charge on any atom is 0.277 e. The van der Waals surface area contributed by atoms with Gasteiger partial charge in [0.05, 0.1) is 12.2 Å². The molecule has 4 N–H and O–H groups in total. The predicted octanol–water partition coefficient (Wildman–Crippen LogP) is 0.581. The molecule has 1 aromatic heterocycles. The second-order valence-electron chi connectivity index (χ2n) is 5.07. The van der Waals surface area contributed by atoms with Gasteiger partial charge in [-0.3, -0.25) is 9.89 Å². The number of amides is 1. The third-order valence-electron chi connectivity index (χ3n) is 3.45. The van der Waals surface area contributed by atoms with Crippen LogP contribution in [0.3, 0.4) is 0 Å². The van der Waals surface area contributed by atoms with Crippen LogP contribution in [0.2, 0.25) is 0 Å². The van der Waals surface area contributed by atoms with E-state index in [-0.39, 0.29) is 19.0 Å². The van der Waals surface area contributed by atoms with Gasteiger partial charge in [0.1, 0.15) is 5.82 Å². The van der Waals surface area contributed by atoms with Crippen molar-refractivity contribution in [2.24, 2.45) is 5.14 Å². The number of nitrogens with two attached hydrogens (primary N) is 1. The van der Waals surface area contributed by atoms with Crippen LogP contribution in [0.5, 0.6) is 0 Å². The summed E-state index contributed by atoms with van der Waals surface area (Å²) >= 11 is 0. The Balaban J connectivity index is 1.69. The lowest BCUT2D eigenvalue weighted by Crippen LogP contribution is -2.32. The SMILES string of the molecule is NS(=O)(=O)N1Cc2n[nH]c(NC(=O)/C=C/c3ccccc3)c2C1. The zero-order valence-corrected chi connectivity index (χ0v) is 12.9. The van der Waals surface area contributed by atoms with E-state index in [0.29, 0.717) is 17.1 Å². The molecule has 0 saturated carbocycles. The summed E-state index contributed by atoms with van der Waals surface area (Å²) in [5.74, 6) is 0.0446. The topological polar surface area (TPSA) is 121 Å². The molecule has 1 amide bonds. The zero-order valence-electron chi connectivity index (χ0n) is 12.1. The summed E-state index contributed by atoms with van der Waals surface area (Å²) in [5.41, 5.74) is 2.08. The van der Waals surface area contributed by atoms with Crippen molar-refractivity contribution < 1.29 is 13.2 Å². The number of carbonyl (C=O) groups is 1. The molecule has 1 aliphatic heterocycles. The van der Waals surface area contributed by atoms with Crippen molar-refractivity contribution in [3.05, 3.63) is 53.2 Å². The highest BCUT2D eigenvalue weighted by Gasteiger charge is 2.31. The maximum atomic E-state index is 12.0. The van der Waals surface area contributed by atoms with Gasteiger partial charge in [-0.2, -0.15) is 17.8 Å². The van der Waals surface area contributed by atoms with Crippen molar-refractivity contribution in [1.82, 2.24) is 14.5 Å². The Bertz CT molecular complexity index is 858. The number of benzene rings is 1. The molecular weight excluding hydrogens is 318 g/mol. The minimum atomic E-state index is -3.78. The van der Waals surface area contributed by atoms with Crippen molar-refractivity contribution in [1.29, 1.82) is 0 Å². The number of hydrogen-bond acceptors (Lipinski definition) is 4. The molecule has 23 heavy (non-hydrogen) atoms. The normalized spacial score (nSPS) is 15.0. The number of hydrogen-bond donors (Lipinski definition) is 3. The van der Waals surface area contributed by atoms with Gasteiger partial charge in [-0.05, 0) is 11.6 Å². The number of nitrogens with one attached hydrogen (secondary N) is 2. The number of fused-ring (bicyclic) bond motifs is 1. The van der Waals surface area contributed by atoms with E-state index >= 15 is 0 Å². The van der Waals surface area contributed by atoms with Crippen LogP contribution in [0.15, 0.2) is 36.4 Å². The standard InChI is InChI=1S/C14H15N5O3S/c15-23(21,22)19-8-11-12(9-19)17-18-14(11)16-13(20)7-6-10-4-2-1-3-5-10/h1-7H,8-9H2,(H2,15,21,22)(H2,16,17,18,20)/b7-6+. The first kappa shape index (κ1) is 15.4. The molecule has 3 rings (SSSR count). The fraction of sp³-hybridized carbons (Fsp3) is 0.143. The molecule has 0 spiro atoms. The number of nitrogens with zero attached hydrogens (tertiary/aromatic N) is 2. The van der Waals surface area contributed by atoms with Crippen LogP contribution >= 0.6 is 0 Å². The van der Waals surface area contributed by atoms with Gasteiger partial charge in [-0.15, -0.1) is 0 Å². The van der Waals surface area contributed by atoms with E-state index in [2.05, 4.69) is 15.5 Å². The molecule has 0 bridgehead atoms. The van der Waals surface area contributed by atoms with Crippen LogP contribution in [0.4, 0.5) is 5.82 Å². The number of carbonyl (C=O) groups excluding carboxylic acids is 1. The molecule has 0 atom stereocenters. The second kappa shape index (κ2) is 5.95. The number of aromatic nitrogens is 2. The summed E-state index contributed by atoms with van der Waals surface area (Å²) in [7, 11) is -3.78. The van der Waals surface area contributed by atoms with Crippen LogP contribution in [-0.4, -0.2) is 28.8 Å². The highest BCUT2D eigenvalue weighted by Crippen LogP contribution is 2.28. The van der Waals surface area contributed by atoms with Crippen molar-refractivity contribution >= 4 is 28.0 Å². The van der Waals surface area contributed by atoms with Crippen LogP contribution < -0.4 is 10.5 Å². The Morgan fingerprint density at radius 2 is 2.04 bits per heavy atom. The molecule has 2 aromatic rings. The molecule has 8 nitrogen and oxygen atoms in total. The third kappa shape index (κ3) is 3.47. The molecule has 9 heteroatoms. The Morgan fingerprint density at radius 3 is 2.74 bits per heavy atom. The molecule has 0 saturated heterocycles. The van der Waals surface area contributed by atoms with Crippen LogP contribution in [-0.2, 0) is 28.1 Å². The summed E-state index contributed by atoms with van der Waals surface area (Å²) < 4.78 is 23.8. The predicted molar refractivity (Wildman–Crippen MR) is 85.0 cm³/mol. The van der Waals surface area contributed by atoms with Crippen LogP contribution in [0.1, 0.15) is 16.8 Å². The quantitative estimate of drug-likeness (QED) is 0.709. The van der Waals surface area contributed by atoms with Crippen molar-refractivity contribution in [3.63, 3.8) is 0 Å². The van der Waals surface area contributed by atoms with E-state index in [9.17, 15) is 13.2 Å². The van der Waals surface area contributed by atoms with Gasteiger partial charge in [0.15, 0.2) is 0 Å². The smallest absolute Gasteiger partial charge is 0.277 e. The largest absolute Gasteiger partial charge is 0.307 e. The zero-order chi connectivity index (χ0) is 16.4. The van der Waals surface area contributed by atoms with Crippen molar-refractivity contribution in [2.45, 2.75) is 13.1 Å². The Kier molecular flexibility index (Phi) is 3.99. The molecule has 2 heterocycles. The Morgan fingerprint density at radius 1 is 1.30 bits per heavy atom.